The minimum Gasteiger partial charge on any atom is -0.381 e. The molecule has 6 nitrogen and oxygen atoms in total. The molecular formula is C26H31ClN4O2. The number of aryl methyl sites for hydroxylation is 1. The van der Waals surface area contributed by atoms with Crippen LogP contribution in [0, 0.1) is 0 Å². The van der Waals surface area contributed by atoms with Gasteiger partial charge >= 0.3 is 0 Å². The van der Waals surface area contributed by atoms with E-state index < -0.39 is 5.60 Å². The first-order valence-corrected chi connectivity index (χ1v) is 12.5. The van der Waals surface area contributed by atoms with Gasteiger partial charge in [0.25, 0.3) is 0 Å². The third kappa shape index (κ3) is 4.48. The average molecular weight is 467 g/mol. The number of benzene rings is 1. The molecule has 1 unspecified atom stereocenters. The fourth-order valence-corrected chi connectivity index (χ4v) is 5.64. The summed E-state index contributed by atoms with van der Waals surface area (Å²) in [5.74, 6) is 0. The van der Waals surface area contributed by atoms with Gasteiger partial charge in [-0.05, 0) is 91.8 Å². The highest BCUT2D eigenvalue weighted by Crippen LogP contribution is 2.44. The van der Waals surface area contributed by atoms with Crippen LogP contribution < -0.4 is 0 Å². The van der Waals surface area contributed by atoms with Gasteiger partial charge in [0.05, 0.1) is 24.6 Å². The van der Waals surface area contributed by atoms with Crippen molar-refractivity contribution in [3.05, 3.63) is 51.8 Å². The van der Waals surface area contributed by atoms with Crippen LogP contribution in [-0.4, -0.2) is 37.6 Å². The molecule has 7 heteroatoms. The van der Waals surface area contributed by atoms with Crippen molar-refractivity contribution in [1.82, 2.24) is 4.98 Å². The van der Waals surface area contributed by atoms with Gasteiger partial charge in [0.15, 0.2) is 0 Å². The van der Waals surface area contributed by atoms with Gasteiger partial charge in [-0.2, -0.15) is 5.11 Å². The molecule has 0 amide bonds. The van der Waals surface area contributed by atoms with Crippen molar-refractivity contribution in [1.29, 1.82) is 0 Å². The minimum atomic E-state index is -0.577. The Labute approximate surface area is 200 Å². The van der Waals surface area contributed by atoms with Gasteiger partial charge < -0.3 is 9.47 Å². The lowest BCUT2D eigenvalue weighted by Gasteiger charge is -2.33. The second kappa shape index (κ2) is 10.00. The highest BCUT2D eigenvalue weighted by molar-refractivity contribution is 6.31. The summed E-state index contributed by atoms with van der Waals surface area (Å²) in [5, 5.41) is 13.8. The van der Waals surface area contributed by atoms with Crippen LogP contribution in [0.2, 0.25) is 5.02 Å². The summed E-state index contributed by atoms with van der Waals surface area (Å²) < 4.78 is 12.1. The van der Waals surface area contributed by atoms with Crippen molar-refractivity contribution in [2.45, 2.75) is 63.4 Å². The van der Waals surface area contributed by atoms with E-state index in [1.165, 1.54) is 16.8 Å². The van der Waals surface area contributed by atoms with Gasteiger partial charge in [0, 0.05) is 30.0 Å². The maximum atomic E-state index is 6.48. The van der Waals surface area contributed by atoms with Crippen molar-refractivity contribution in [2.75, 3.05) is 26.9 Å². The molecule has 3 aliphatic rings. The van der Waals surface area contributed by atoms with Crippen LogP contribution in [0.3, 0.4) is 0 Å². The van der Waals surface area contributed by atoms with E-state index in [4.69, 9.17) is 26.1 Å². The fraction of sp³-hybridized carbons (Fsp3) is 0.538. The molecule has 2 aromatic rings. The Morgan fingerprint density at radius 3 is 2.76 bits per heavy atom. The summed E-state index contributed by atoms with van der Waals surface area (Å²) >= 11 is 6.48. The van der Waals surface area contributed by atoms with E-state index in [0.29, 0.717) is 13.2 Å². The number of hydrogen-bond donors (Lipinski definition) is 0. The second-order valence-electron chi connectivity index (χ2n) is 9.19. The van der Waals surface area contributed by atoms with Gasteiger partial charge in [0.1, 0.15) is 5.60 Å². The topological polar surface area (TPSA) is 68.4 Å². The molecule has 33 heavy (non-hydrogen) atoms. The zero-order chi connectivity index (χ0) is 22.7. The van der Waals surface area contributed by atoms with E-state index in [2.05, 4.69) is 27.6 Å². The lowest BCUT2D eigenvalue weighted by molar-refractivity contribution is -0.0591. The van der Waals surface area contributed by atoms with Crippen molar-refractivity contribution < 1.29 is 9.47 Å². The average Bonchev–Trinajstić information content (AvgIpc) is 3.28. The third-order valence-electron chi connectivity index (χ3n) is 6.94. The van der Waals surface area contributed by atoms with Crippen LogP contribution in [0.1, 0.15) is 67.5 Å². The lowest BCUT2D eigenvalue weighted by Crippen LogP contribution is -2.35. The Balaban J connectivity index is 1.84. The SMILES string of the molecule is COCC1(c2nc3c(c(-c4cccc(Cl)c4)c2/C2=N\N=NCCCC2)CCCC3)CCCO1. The smallest absolute Gasteiger partial charge is 0.134 e. The Kier molecular flexibility index (Phi) is 6.86. The molecule has 1 aromatic carbocycles. The van der Waals surface area contributed by atoms with E-state index in [1.54, 1.807) is 7.11 Å². The monoisotopic (exact) mass is 466 g/mol. The summed E-state index contributed by atoms with van der Waals surface area (Å²) in [6.07, 6.45) is 9.01. The molecule has 174 valence electrons. The molecule has 0 spiro atoms. The van der Waals surface area contributed by atoms with Gasteiger partial charge in [-0.1, -0.05) is 23.7 Å². The number of pyridine rings is 1. The van der Waals surface area contributed by atoms with Gasteiger partial charge in [-0.15, -0.1) is 5.10 Å². The summed E-state index contributed by atoms with van der Waals surface area (Å²) in [4.78, 5) is 5.33. The standard InChI is InChI=1S/C26H31ClN4O2/c1-32-17-26(13-7-15-33-26)25-24(22-12-4-5-14-28-31-30-22)23(18-8-6-9-19(27)16-18)20-10-2-3-11-21(20)29-25/h6,8-9,16H,2-5,7,10-15,17H2,1H3/b30-22-,31-28?. The highest BCUT2D eigenvalue weighted by Gasteiger charge is 2.43. The molecule has 1 aliphatic carbocycles. The third-order valence-corrected chi connectivity index (χ3v) is 7.17. The van der Waals surface area contributed by atoms with Gasteiger partial charge in [0.2, 0.25) is 0 Å². The van der Waals surface area contributed by atoms with Crippen LogP contribution in [0.4, 0.5) is 0 Å². The summed E-state index contributed by atoms with van der Waals surface area (Å²) in [6, 6.07) is 8.15. The van der Waals surface area contributed by atoms with Crippen LogP contribution in [0.25, 0.3) is 11.1 Å². The zero-order valence-electron chi connectivity index (χ0n) is 19.3. The first kappa shape index (κ1) is 22.6. The lowest BCUT2D eigenvalue weighted by atomic mass is 9.80. The van der Waals surface area contributed by atoms with E-state index in [1.807, 2.05) is 12.1 Å². The van der Waals surface area contributed by atoms with Crippen molar-refractivity contribution in [3.63, 3.8) is 0 Å². The van der Waals surface area contributed by atoms with Gasteiger partial charge in [-0.3, -0.25) is 4.98 Å². The number of nitrogens with zero attached hydrogens (tertiary/aromatic N) is 4. The molecule has 3 heterocycles. The number of halogens is 1. The predicted molar refractivity (Wildman–Crippen MR) is 130 cm³/mol. The van der Waals surface area contributed by atoms with E-state index in [9.17, 15) is 0 Å². The molecule has 0 N–H and O–H groups in total. The van der Waals surface area contributed by atoms with E-state index >= 15 is 0 Å². The summed E-state index contributed by atoms with van der Waals surface area (Å²) in [7, 11) is 1.74. The molecule has 1 fully saturated rings. The zero-order valence-corrected chi connectivity index (χ0v) is 20.0. The molecule has 5 rings (SSSR count). The maximum absolute atomic E-state index is 6.48. The Bertz CT molecular complexity index is 1080. The Morgan fingerprint density at radius 1 is 1.06 bits per heavy atom. The fourth-order valence-electron chi connectivity index (χ4n) is 5.45. The summed E-state index contributed by atoms with van der Waals surface area (Å²) in [6.45, 7) is 1.90. The number of rotatable bonds is 5. The Hall–Kier alpha value is -2.15. The first-order valence-electron chi connectivity index (χ1n) is 12.1. The molecular weight excluding hydrogens is 436 g/mol. The molecule has 0 radical (unpaired) electrons. The number of methoxy groups -OCH3 is 1. The molecule has 1 saturated heterocycles. The van der Waals surface area contributed by atoms with Gasteiger partial charge in [-0.25, -0.2) is 0 Å². The van der Waals surface area contributed by atoms with Crippen LogP contribution in [0.15, 0.2) is 39.7 Å². The van der Waals surface area contributed by atoms with Crippen LogP contribution in [0.5, 0.6) is 0 Å². The quantitative estimate of drug-likeness (QED) is 0.521. The number of ether oxygens (including phenoxy) is 2. The highest BCUT2D eigenvalue weighted by atomic mass is 35.5. The normalized spacial score (nSPS) is 24.6. The number of aromatic nitrogens is 1. The van der Waals surface area contributed by atoms with Crippen molar-refractivity contribution in [2.24, 2.45) is 15.4 Å². The maximum Gasteiger partial charge on any atom is 0.134 e. The molecule has 0 saturated carbocycles. The first-order chi connectivity index (χ1) is 16.2. The van der Waals surface area contributed by atoms with Crippen molar-refractivity contribution in [3.8, 4) is 11.1 Å². The molecule has 1 atom stereocenters. The van der Waals surface area contributed by atoms with E-state index in [-0.39, 0.29) is 0 Å². The minimum absolute atomic E-state index is 0.468. The Morgan fingerprint density at radius 2 is 1.94 bits per heavy atom. The summed E-state index contributed by atoms with van der Waals surface area (Å²) in [5.41, 5.74) is 7.15. The molecule has 0 bridgehead atoms. The largest absolute Gasteiger partial charge is 0.381 e. The number of hydrogen-bond acceptors (Lipinski definition) is 6. The van der Waals surface area contributed by atoms with E-state index in [0.717, 1.165) is 91.9 Å². The van der Waals surface area contributed by atoms with Crippen molar-refractivity contribution >= 4 is 17.3 Å². The van der Waals surface area contributed by atoms with Crippen LogP contribution in [-0.2, 0) is 27.9 Å². The predicted octanol–water partition coefficient (Wildman–Crippen LogP) is 6.27. The molecule has 2 aliphatic heterocycles. The van der Waals surface area contributed by atoms with Crippen LogP contribution >= 0.6 is 11.6 Å². The second-order valence-corrected chi connectivity index (χ2v) is 9.63. The molecule has 1 aromatic heterocycles. The number of fused-ring (bicyclic) bond motifs is 1.